The van der Waals surface area contributed by atoms with E-state index in [9.17, 15) is 4.79 Å². The van der Waals surface area contributed by atoms with Crippen LogP contribution in [0.25, 0.3) is 10.2 Å². The van der Waals surface area contributed by atoms with Gasteiger partial charge in [-0.3, -0.25) is 14.3 Å². The van der Waals surface area contributed by atoms with Gasteiger partial charge in [-0.2, -0.15) is 0 Å². The van der Waals surface area contributed by atoms with Gasteiger partial charge in [-0.1, -0.05) is 6.07 Å². The third-order valence-corrected chi connectivity index (χ3v) is 3.91. The van der Waals surface area contributed by atoms with Gasteiger partial charge in [0.15, 0.2) is 0 Å². The summed E-state index contributed by atoms with van der Waals surface area (Å²) in [5.41, 5.74) is 1.94. The minimum Gasteiger partial charge on any atom is -0.311 e. The van der Waals surface area contributed by atoms with E-state index in [4.69, 9.17) is 0 Å². The maximum atomic E-state index is 12.1. The van der Waals surface area contributed by atoms with E-state index in [1.54, 1.807) is 17.1 Å². The van der Waals surface area contributed by atoms with Gasteiger partial charge in [-0.15, -0.1) is 11.3 Å². The molecule has 0 fully saturated rings. The SMILES string of the molecule is O=c1c2sccc2ncn1CCNCc1cccnc1. The topological polar surface area (TPSA) is 59.8 Å². The highest BCUT2D eigenvalue weighted by Crippen LogP contribution is 2.12. The second-order valence-corrected chi connectivity index (χ2v) is 5.33. The summed E-state index contributed by atoms with van der Waals surface area (Å²) >= 11 is 1.44. The fourth-order valence-electron chi connectivity index (χ4n) is 1.97. The molecule has 0 atom stereocenters. The first-order valence-electron chi connectivity index (χ1n) is 6.37. The van der Waals surface area contributed by atoms with E-state index in [0.717, 1.165) is 22.3 Å². The number of thiophene rings is 1. The van der Waals surface area contributed by atoms with Crippen molar-refractivity contribution in [3.8, 4) is 0 Å². The average molecular weight is 286 g/mol. The van der Waals surface area contributed by atoms with Crippen molar-refractivity contribution in [2.45, 2.75) is 13.1 Å². The molecule has 0 spiro atoms. The van der Waals surface area contributed by atoms with Gasteiger partial charge in [0, 0.05) is 32.0 Å². The van der Waals surface area contributed by atoms with Gasteiger partial charge in [0.25, 0.3) is 5.56 Å². The summed E-state index contributed by atoms with van der Waals surface area (Å²) in [7, 11) is 0. The normalized spacial score (nSPS) is 11.0. The number of aromatic nitrogens is 3. The first kappa shape index (κ1) is 13.0. The van der Waals surface area contributed by atoms with Crippen molar-refractivity contribution in [2.24, 2.45) is 0 Å². The number of pyridine rings is 1. The Hall–Kier alpha value is -2.05. The molecule has 5 nitrogen and oxygen atoms in total. The van der Waals surface area contributed by atoms with Crippen LogP contribution in [0.5, 0.6) is 0 Å². The molecule has 0 amide bonds. The fourth-order valence-corrected chi connectivity index (χ4v) is 2.77. The highest BCUT2D eigenvalue weighted by atomic mass is 32.1. The number of nitrogens with one attached hydrogen (secondary N) is 1. The van der Waals surface area contributed by atoms with E-state index in [-0.39, 0.29) is 5.56 Å². The third-order valence-electron chi connectivity index (χ3n) is 3.02. The van der Waals surface area contributed by atoms with Gasteiger partial charge >= 0.3 is 0 Å². The molecule has 20 heavy (non-hydrogen) atoms. The largest absolute Gasteiger partial charge is 0.311 e. The predicted molar refractivity (Wildman–Crippen MR) is 79.8 cm³/mol. The monoisotopic (exact) mass is 286 g/mol. The highest BCUT2D eigenvalue weighted by Gasteiger charge is 2.04. The van der Waals surface area contributed by atoms with Crippen LogP contribution in [0.1, 0.15) is 5.56 Å². The summed E-state index contributed by atoms with van der Waals surface area (Å²) in [6, 6.07) is 5.80. The van der Waals surface area contributed by atoms with Crippen LogP contribution >= 0.6 is 11.3 Å². The second-order valence-electron chi connectivity index (χ2n) is 4.42. The Bertz CT molecular complexity index is 750. The van der Waals surface area contributed by atoms with Crippen molar-refractivity contribution in [2.75, 3.05) is 6.54 Å². The maximum absolute atomic E-state index is 12.1. The van der Waals surface area contributed by atoms with Crippen LogP contribution in [0.4, 0.5) is 0 Å². The standard InChI is InChI=1S/C14H14N4OS/c19-14-13-12(3-7-20-13)17-10-18(14)6-5-16-9-11-2-1-4-15-8-11/h1-4,7-8,10,16H,5-6,9H2. The lowest BCUT2D eigenvalue weighted by atomic mass is 10.3. The molecule has 3 aromatic heterocycles. The van der Waals surface area contributed by atoms with E-state index in [1.165, 1.54) is 11.3 Å². The zero-order valence-corrected chi connectivity index (χ0v) is 11.6. The molecular weight excluding hydrogens is 272 g/mol. The third kappa shape index (κ3) is 2.76. The van der Waals surface area contributed by atoms with E-state index in [0.29, 0.717) is 13.1 Å². The fraction of sp³-hybridized carbons (Fsp3) is 0.214. The van der Waals surface area contributed by atoms with Crippen LogP contribution < -0.4 is 10.9 Å². The minimum atomic E-state index is 0.0353. The summed E-state index contributed by atoms with van der Waals surface area (Å²) in [6.45, 7) is 2.07. The summed E-state index contributed by atoms with van der Waals surface area (Å²) < 4.78 is 2.37. The average Bonchev–Trinajstić information content (AvgIpc) is 2.96. The van der Waals surface area contributed by atoms with Gasteiger partial charge in [0.05, 0.1) is 11.8 Å². The molecule has 0 saturated carbocycles. The summed E-state index contributed by atoms with van der Waals surface area (Å²) in [5.74, 6) is 0. The maximum Gasteiger partial charge on any atom is 0.271 e. The van der Waals surface area contributed by atoms with Gasteiger partial charge in [-0.25, -0.2) is 4.98 Å². The van der Waals surface area contributed by atoms with E-state index in [2.05, 4.69) is 15.3 Å². The number of nitrogens with zero attached hydrogens (tertiary/aromatic N) is 3. The van der Waals surface area contributed by atoms with Crippen molar-refractivity contribution >= 4 is 21.6 Å². The molecule has 6 heteroatoms. The van der Waals surface area contributed by atoms with Crippen LogP contribution in [0.3, 0.4) is 0 Å². The van der Waals surface area contributed by atoms with Crippen LogP contribution in [0, 0.1) is 0 Å². The van der Waals surface area contributed by atoms with Crippen molar-refractivity contribution in [3.05, 3.63) is 58.2 Å². The van der Waals surface area contributed by atoms with Crippen LogP contribution in [0.15, 0.2) is 47.1 Å². The zero-order chi connectivity index (χ0) is 13.8. The van der Waals surface area contributed by atoms with Crippen LogP contribution in [-0.2, 0) is 13.1 Å². The molecule has 0 aliphatic rings. The van der Waals surface area contributed by atoms with Crippen molar-refractivity contribution in [3.63, 3.8) is 0 Å². The van der Waals surface area contributed by atoms with Gasteiger partial charge < -0.3 is 5.32 Å². The number of hydrogen-bond donors (Lipinski definition) is 1. The first-order chi connectivity index (χ1) is 9.84. The van der Waals surface area contributed by atoms with Gasteiger partial charge in [0.2, 0.25) is 0 Å². The molecule has 3 rings (SSSR count). The Balaban J connectivity index is 1.60. The molecular formula is C14H14N4OS. The Morgan fingerprint density at radius 3 is 3.15 bits per heavy atom. The molecule has 0 aromatic carbocycles. The second kappa shape index (κ2) is 5.94. The first-order valence-corrected chi connectivity index (χ1v) is 7.25. The molecule has 0 radical (unpaired) electrons. The highest BCUT2D eigenvalue weighted by molar-refractivity contribution is 7.17. The van der Waals surface area contributed by atoms with E-state index in [1.807, 2.05) is 29.8 Å². The van der Waals surface area contributed by atoms with Crippen molar-refractivity contribution in [1.82, 2.24) is 19.9 Å². The lowest BCUT2D eigenvalue weighted by molar-refractivity contribution is 0.582. The van der Waals surface area contributed by atoms with Crippen molar-refractivity contribution in [1.29, 1.82) is 0 Å². The molecule has 3 heterocycles. The molecule has 3 aromatic rings. The number of rotatable bonds is 5. The predicted octanol–water partition coefficient (Wildman–Crippen LogP) is 1.64. The molecule has 0 saturated heterocycles. The Morgan fingerprint density at radius 1 is 1.35 bits per heavy atom. The molecule has 102 valence electrons. The summed E-state index contributed by atoms with van der Waals surface area (Å²) in [6.07, 6.45) is 5.20. The Labute approximate surface area is 119 Å². The summed E-state index contributed by atoms with van der Waals surface area (Å²) in [4.78, 5) is 20.5. The summed E-state index contributed by atoms with van der Waals surface area (Å²) in [5, 5.41) is 5.19. The molecule has 0 bridgehead atoms. The van der Waals surface area contributed by atoms with Gasteiger partial charge in [0.1, 0.15) is 4.70 Å². The van der Waals surface area contributed by atoms with Crippen LogP contribution in [-0.4, -0.2) is 21.1 Å². The van der Waals surface area contributed by atoms with Crippen LogP contribution in [0.2, 0.25) is 0 Å². The molecule has 0 aliphatic heterocycles. The Kier molecular flexibility index (Phi) is 3.85. The van der Waals surface area contributed by atoms with Crippen molar-refractivity contribution < 1.29 is 0 Å². The lowest BCUT2D eigenvalue weighted by Gasteiger charge is -2.07. The Morgan fingerprint density at radius 2 is 2.30 bits per heavy atom. The van der Waals surface area contributed by atoms with E-state index < -0.39 is 0 Å². The smallest absolute Gasteiger partial charge is 0.271 e. The lowest BCUT2D eigenvalue weighted by Crippen LogP contribution is -2.26. The number of fused-ring (bicyclic) bond motifs is 1. The molecule has 0 aliphatic carbocycles. The molecule has 0 unspecified atom stereocenters. The quantitative estimate of drug-likeness (QED) is 0.724. The van der Waals surface area contributed by atoms with E-state index >= 15 is 0 Å². The molecule has 1 N–H and O–H groups in total. The number of hydrogen-bond acceptors (Lipinski definition) is 5. The minimum absolute atomic E-state index is 0.0353. The van der Waals surface area contributed by atoms with Gasteiger partial charge in [-0.05, 0) is 23.1 Å². The zero-order valence-electron chi connectivity index (χ0n) is 10.8.